The molecule has 32 heavy (non-hydrogen) atoms. The summed E-state index contributed by atoms with van der Waals surface area (Å²) in [4.78, 5) is 22.6. The van der Waals surface area contributed by atoms with Crippen molar-refractivity contribution in [3.05, 3.63) is 89.7 Å². The van der Waals surface area contributed by atoms with Gasteiger partial charge in [-0.15, -0.1) is 0 Å². The average Bonchev–Trinajstić information content (AvgIpc) is 2.80. The number of ether oxygens (including phenoxy) is 1. The fourth-order valence-electron chi connectivity index (χ4n) is 3.13. The number of carbonyl (C=O) groups is 2. The molecule has 164 valence electrons. The molecule has 0 aliphatic heterocycles. The van der Waals surface area contributed by atoms with Crippen LogP contribution in [0.5, 0.6) is 5.75 Å². The van der Waals surface area contributed by atoms with E-state index < -0.39 is 24.0 Å². The zero-order chi connectivity index (χ0) is 23.1. The van der Waals surface area contributed by atoms with E-state index in [-0.39, 0.29) is 5.82 Å². The molecule has 3 aromatic carbocycles. The molecule has 0 spiro atoms. The predicted molar refractivity (Wildman–Crippen MR) is 119 cm³/mol. The van der Waals surface area contributed by atoms with E-state index >= 15 is 0 Å². The number of halogens is 1. The topological polar surface area (TPSA) is 112 Å². The highest BCUT2D eigenvalue weighted by atomic mass is 19.1. The first kappa shape index (κ1) is 22.5. The van der Waals surface area contributed by atoms with Gasteiger partial charge in [0.2, 0.25) is 0 Å². The van der Waals surface area contributed by atoms with Crippen LogP contribution in [0, 0.1) is 11.2 Å². The lowest BCUT2D eigenvalue weighted by atomic mass is 10.0. The van der Waals surface area contributed by atoms with E-state index in [1.54, 1.807) is 37.3 Å². The monoisotopic (exact) mass is 435 g/mol. The number of anilines is 2. The van der Waals surface area contributed by atoms with Gasteiger partial charge in [0.15, 0.2) is 0 Å². The van der Waals surface area contributed by atoms with Gasteiger partial charge in [0.1, 0.15) is 17.7 Å². The van der Waals surface area contributed by atoms with Crippen molar-refractivity contribution in [2.45, 2.75) is 19.1 Å². The van der Waals surface area contributed by atoms with Crippen molar-refractivity contribution in [1.82, 2.24) is 5.32 Å². The zero-order valence-electron chi connectivity index (χ0n) is 17.2. The number of aliphatic carboxylic acids is 1. The second-order valence-corrected chi connectivity index (χ2v) is 7.04. The summed E-state index contributed by atoms with van der Waals surface area (Å²) in [6.45, 7) is 1.65. The normalized spacial score (nSPS) is 12.3. The molecule has 0 fully saturated rings. The molecule has 0 saturated heterocycles. The number of rotatable bonds is 8. The van der Waals surface area contributed by atoms with Gasteiger partial charge in [-0.2, -0.15) is 0 Å². The van der Waals surface area contributed by atoms with E-state index in [0.717, 1.165) is 11.8 Å². The van der Waals surface area contributed by atoms with Gasteiger partial charge in [0, 0.05) is 23.2 Å². The first-order valence-corrected chi connectivity index (χ1v) is 9.80. The summed E-state index contributed by atoms with van der Waals surface area (Å²) in [5, 5.41) is 22.2. The molecule has 0 heterocycles. The number of hydrogen-bond donors (Lipinski definition) is 4. The minimum Gasteiger partial charge on any atom is -0.484 e. The number of carboxylic acid groups (broad SMARTS) is 1. The lowest BCUT2D eigenvalue weighted by molar-refractivity contribution is -0.150. The molecule has 0 aliphatic carbocycles. The van der Waals surface area contributed by atoms with Gasteiger partial charge < -0.3 is 25.9 Å². The minimum atomic E-state index is -1.58. The fourth-order valence-corrected chi connectivity index (χ4v) is 3.13. The van der Waals surface area contributed by atoms with Crippen LogP contribution in [0.25, 0.3) is 0 Å². The molecule has 0 saturated carbocycles. The summed E-state index contributed by atoms with van der Waals surface area (Å²) in [6.07, 6.45) is 0.486. The summed E-state index contributed by atoms with van der Waals surface area (Å²) in [7, 11) is 0. The Bertz CT molecular complexity index is 1100. The van der Waals surface area contributed by atoms with E-state index in [4.69, 9.17) is 15.3 Å². The van der Waals surface area contributed by atoms with Crippen molar-refractivity contribution in [1.29, 1.82) is 5.41 Å². The Labute approximate surface area is 184 Å². The molecule has 4 N–H and O–H groups in total. The van der Waals surface area contributed by atoms with Crippen LogP contribution < -0.4 is 15.4 Å². The van der Waals surface area contributed by atoms with Crippen LogP contribution in [0.2, 0.25) is 0 Å². The summed E-state index contributed by atoms with van der Waals surface area (Å²) in [5.41, 5.74) is 2.56. The quantitative estimate of drug-likeness (QED) is 0.312. The van der Waals surface area contributed by atoms with Gasteiger partial charge in [-0.25, -0.2) is 9.18 Å². The minimum absolute atomic E-state index is 0.345. The summed E-state index contributed by atoms with van der Waals surface area (Å²) in [6, 6.07) is 19.4. The first-order valence-electron chi connectivity index (χ1n) is 9.80. The molecule has 1 amide bonds. The van der Waals surface area contributed by atoms with Crippen molar-refractivity contribution in [3.8, 4) is 5.75 Å². The standard InChI is InChI=1S/C24H22FN3O4/c1-15(27-23(29)24(30)31)22(16-5-3-2-4-6-16)32-20-11-12-21(17(13-20)14-26)28-19-9-7-18(25)8-10-19/h2-15,22,26,28H,1H3,(H,27,29)(H,30,31)/t15-,22?/m0/s1. The summed E-state index contributed by atoms with van der Waals surface area (Å²) >= 11 is 0. The SMILES string of the molecule is C[C@H](NC(=O)C(=O)O)C(Oc1ccc(Nc2ccc(F)cc2)c(C=N)c1)c1ccccc1. The number of nitrogens with one attached hydrogen (secondary N) is 3. The third-order valence-electron chi connectivity index (χ3n) is 4.70. The molecule has 7 nitrogen and oxygen atoms in total. The third-order valence-corrected chi connectivity index (χ3v) is 4.70. The molecule has 3 aromatic rings. The summed E-state index contributed by atoms with van der Waals surface area (Å²) in [5.74, 6) is -2.62. The number of benzene rings is 3. The molecule has 3 rings (SSSR count). The van der Waals surface area contributed by atoms with Crippen molar-refractivity contribution in [3.63, 3.8) is 0 Å². The molecule has 1 unspecified atom stereocenters. The van der Waals surface area contributed by atoms with Crippen LogP contribution in [0.15, 0.2) is 72.8 Å². The second-order valence-electron chi connectivity index (χ2n) is 7.04. The highest BCUT2D eigenvalue weighted by Crippen LogP contribution is 2.29. The van der Waals surface area contributed by atoms with Gasteiger partial charge in [0.05, 0.1) is 6.04 Å². The Balaban J connectivity index is 1.85. The Hall–Kier alpha value is -4.20. The molecule has 0 aromatic heterocycles. The van der Waals surface area contributed by atoms with Crippen LogP contribution in [0.1, 0.15) is 24.2 Å². The van der Waals surface area contributed by atoms with Crippen LogP contribution >= 0.6 is 0 Å². The highest BCUT2D eigenvalue weighted by molar-refractivity contribution is 6.31. The van der Waals surface area contributed by atoms with Crippen LogP contribution in [-0.4, -0.2) is 29.2 Å². The first-order chi connectivity index (χ1) is 15.4. The molecule has 2 atom stereocenters. The van der Waals surface area contributed by atoms with Crippen LogP contribution in [-0.2, 0) is 9.59 Å². The lowest BCUT2D eigenvalue weighted by Crippen LogP contribution is -2.42. The van der Waals surface area contributed by atoms with E-state index in [0.29, 0.717) is 22.7 Å². The smallest absolute Gasteiger partial charge is 0.394 e. The Morgan fingerprint density at radius 3 is 2.38 bits per heavy atom. The van der Waals surface area contributed by atoms with Gasteiger partial charge in [0.25, 0.3) is 0 Å². The van der Waals surface area contributed by atoms with E-state index in [2.05, 4.69) is 10.6 Å². The van der Waals surface area contributed by atoms with Gasteiger partial charge in [-0.1, -0.05) is 30.3 Å². The van der Waals surface area contributed by atoms with Gasteiger partial charge in [-0.3, -0.25) is 4.79 Å². The molecule has 0 bridgehead atoms. The molecule has 0 radical (unpaired) electrons. The summed E-state index contributed by atoms with van der Waals surface area (Å²) < 4.78 is 19.3. The van der Waals surface area contributed by atoms with E-state index in [1.165, 1.54) is 12.1 Å². The molecular formula is C24H22FN3O4. The van der Waals surface area contributed by atoms with Crippen LogP contribution in [0.3, 0.4) is 0 Å². The van der Waals surface area contributed by atoms with Gasteiger partial charge >= 0.3 is 11.9 Å². The fraction of sp³-hybridized carbons (Fsp3) is 0.125. The van der Waals surface area contributed by atoms with E-state index in [1.807, 2.05) is 30.3 Å². The van der Waals surface area contributed by atoms with Crippen molar-refractivity contribution in [2.75, 3.05) is 5.32 Å². The van der Waals surface area contributed by atoms with Crippen molar-refractivity contribution < 1.29 is 23.8 Å². The van der Waals surface area contributed by atoms with Crippen LogP contribution in [0.4, 0.5) is 15.8 Å². The molecular weight excluding hydrogens is 413 g/mol. The Morgan fingerprint density at radius 1 is 1.06 bits per heavy atom. The maximum atomic E-state index is 13.1. The number of amides is 1. The largest absolute Gasteiger partial charge is 0.484 e. The number of carboxylic acids is 1. The second kappa shape index (κ2) is 10.2. The number of hydrogen-bond acceptors (Lipinski definition) is 5. The molecule has 0 aliphatic rings. The number of carbonyl (C=O) groups excluding carboxylic acids is 1. The predicted octanol–water partition coefficient (Wildman–Crippen LogP) is 4.28. The Morgan fingerprint density at radius 2 is 1.75 bits per heavy atom. The lowest BCUT2D eigenvalue weighted by Gasteiger charge is -2.26. The van der Waals surface area contributed by atoms with E-state index in [9.17, 15) is 14.0 Å². The third kappa shape index (κ3) is 5.69. The molecule has 8 heteroatoms. The van der Waals surface area contributed by atoms with Crippen molar-refractivity contribution in [2.24, 2.45) is 0 Å². The maximum Gasteiger partial charge on any atom is 0.394 e. The zero-order valence-corrected chi connectivity index (χ0v) is 17.2. The highest BCUT2D eigenvalue weighted by Gasteiger charge is 2.25. The van der Waals surface area contributed by atoms with Crippen molar-refractivity contribution >= 4 is 29.5 Å². The average molecular weight is 435 g/mol. The van der Waals surface area contributed by atoms with Gasteiger partial charge in [-0.05, 0) is 55.0 Å². The Kier molecular flexibility index (Phi) is 7.17. The maximum absolute atomic E-state index is 13.1.